The summed E-state index contributed by atoms with van der Waals surface area (Å²) in [5.41, 5.74) is 0.229. The Balaban J connectivity index is 2.46. The molecule has 0 spiro atoms. The second kappa shape index (κ2) is 3.65. The van der Waals surface area contributed by atoms with Gasteiger partial charge in [-0.3, -0.25) is 4.79 Å². The zero-order valence-electron chi connectivity index (χ0n) is 8.38. The number of hydrogen-bond donors (Lipinski definition) is 1. The van der Waals surface area contributed by atoms with E-state index in [1.807, 2.05) is 0 Å². The molecule has 16 heavy (non-hydrogen) atoms. The van der Waals surface area contributed by atoms with E-state index in [2.05, 4.69) is 4.98 Å². The number of carbonyl (C=O) groups is 1. The number of oxazole rings is 1. The summed E-state index contributed by atoms with van der Waals surface area (Å²) in [6.07, 6.45) is 2.59. The predicted molar refractivity (Wildman–Crippen MR) is 54.1 cm³/mol. The Labute approximate surface area is 89.8 Å². The van der Waals surface area contributed by atoms with Gasteiger partial charge in [-0.2, -0.15) is 0 Å². The van der Waals surface area contributed by atoms with Gasteiger partial charge in [-0.1, -0.05) is 0 Å². The zero-order valence-corrected chi connectivity index (χ0v) is 8.38. The van der Waals surface area contributed by atoms with Crippen molar-refractivity contribution in [3.8, 4) is 11.5 Å². The van der Waals surface area contributed by atoms with Gasteiger partial charge in [0.2, 0.25) is 11.4 Å². The SMILES string of the molecule is Cn1cc(-c2nc(C(=O)O)co2)ccc1=O. The van der Waals surface area contributed by atoms with E-state index >= 15 is 0 Å². The molecule has 2 rings (SSSR count). The number of aromatic carboxylic acids is 1. The van der Waals surface area contributed by atoms with Crippen LogP contribution < -0.4 is 5.56 Å². The number of aryl methyl sites for hydroxylation is 1. The minimum Gasteiger partial charge on any atom is -0.476 e. The largest absolute Gasteiger partial charge is 0.476 e. The zero-order chi connectivity index (χ0) is 11.7. The maximum absolute atomic E-state index is 11.1. The van der Waals surface area contributed by atoms with E-state index in [0.29, 0.717) is 5.56 Å². The molecule has 0 atom stereocenters. The van der Waals surface area contributed by atoms with Crippen molar-refractivity contribution >= 4 is 5.97 Å². The first-order chi connectivity index (χ1) is 7.58. The minimum atomic E-state index is -1.15. The van der Waals surface area contributed by atoms with Crippen molar-refractivity contribution in [3.63, 3.8) is 0 Å². The van der Waals surface area contributed by atoms with Crippen molar-refractivity contribution in [1.29, 1.82) is 0 Å². The minimum absolute atomic E-state index is 0.159. The summed E-state index contributed by atoms with van der Waals surface area (Å²) in [5.74, 6) is -0.979. The molecule has 0 aliphatic heterocycles. The first-order valence-corrected chi connectivity index (χ1v) is 4.44. The number of aromatic nitrogens is 2. The highest BCUT2D eigenvalue weighted by Crippen LogP contribution is 2.16. The molecule has 2 aromatic rings. The summed E-state index contributed by atoms with van der Waals surface area (Å²) < 4.78 is 6.36. The first kappa shape index (κ1) is 10.2. The predicted octanol–water partition coefficient (Wildman–Crippen LogP) is 0.738. The Bertz CT molecular complexity index is 597. The third-order valence-corrected chi connectivity index (χ3v) is 2.06. The van der Waals surface area contributed by atoms with Crippen molar-refractivity contribution in [1.82, 2.24) is 9.55 Å². The average Bonchev–Trinajstić information content (AvgIpc) is 2.71. The number of carboxylic acids is 1. The highest BCUT2D eigenvalue weighted by Gasteiger charge is 2.12. The van der Waals surface area contributed by atoms with Crippen LogP contribution in [0.5, 0.6) is 0 Å². The van der Waals surface area contributed by atoms with Crippen molar-refractivity contribution < 1.29 is 14.3 Å². The lowest BCUT2D eigenvalue weighted by Crippen LogP contribution is -2.13. The molecule has 6 nitrogen and oxygen atoms in total. The van der Waals surface area contributed by atoms with Gasteiger partial charge in [0, 0.05) is 19.3 Å². The van der Waals surface area contributed by atoms with Gasteiger partial charge in [-0.05, 0) is 6.07 Å². The van der Waals surface area contributed by atoms with E-state index in [-0.39, 0.29) is 17.1 Å². The molecule has 0 radical (unpaired) electrons. The standard InChI is InChI=1S/C10H8N2O4/c1-12-4-6(2-3-8(12)13)9-11-7(5-16-9)10(14)15/h2-5H,1H3,(H,14,15). The Morgan fingerprint density at radius 2 is 2.25 bits per heavy atom. The molecular formula is C10H8N2O4. The lowest BCUT2D eigenvalue weighted by atomic mass is 10.3. The van der Waals surface area contributed by atoms with E-state index in [1.54, 1.807) is 7.05 Å². The Morgan fingerprint density at radius 1 is 1.50 bits per heavy atom. The first-order valence-electron chi connectivity index (χ1n) is 4.44. The Kier molecular flexibility index (Phi) is 2.32. The fraction of sp³-hybridized carbons (Fsp3) is 0.100. The van der Waals surface area contributed by atoms with Gasteiger partial charge in [0.15, 0.2) is 5.69 Å². The molecule has 2 heterocycles. The van der Waals surface area contributed by atoms with Crippen molar-refractivity contribution in [2.45, 2.75) is 0 Å². The van der Waals surface area contributed by atoms with Crippen LogP contribution in [0.25, 0.3) is 11.5 Å². The van der Waals surface area contributed by atoms with Crippen LogP contribution in [0, 0.1) is 0 Å². The summed E-state index contributed by atoms with van der Waals surface area (Å²) in [5, 5.41) is 8.67. The number of rotatable bonds is 2. The van der Waals surface area contributed by atoms with Crippen LogP contribution in [0.3, 0.4) is 0 Å². The molecule has 0 aliphatic carbocycles. The van der Waals surface area contributed by atoms with Crippen LogP contribution in [-0.2, 0) is 7.05 Å². The molecule has 0 fully saturated rings. The average molecular weight is 220 g/mol. The lowest BCUT2D eigenvalue weighted by Gasteiger charge is -1.98. The van der Waals surface area contributed by atoms with Crippen LogP contribution >= 0.6 is 0 Å². The fourth-order valence-corrected chi connectivity index (χ4v) is 1.22. The third kappa shape index (κ3) is 1.72. The molecular weight excluding hydrogens is 212 g/mol. The van der Waals surface area contributed by atoms with Gasteiger partial charge in [0.05, 0.1) is 5.56 Å². The lowest BCUT2D eigenvalue weighted by molar-refractivity contribution is 0.0690. The Hall–Kier alpha value is -2.37. The highest BCUT2D eigenvalue weighted by molar-refractivity contribution is 5.85. The maximum Gasteiger partial charge on any atom is 0.357 e. The van der Waals surface area contributed by atoms with Gasteiger partial charge in [0.25, 0.3) is 0 Å². The van der Waals surface area contributed by atoms with Crippen LogP contribution in [0.1, 0.15) is 10.5 Å². The molecule has 0 amide bonds. The number of pyridine rings is 1. The molecule has 0 unspecified atom stereocenters. The molecule has 0 aliphatic rings. The van der Waals surface area contributed by atoms with E-state index < -0.39 is 5.97 Å². The monoisotopic (exact) mass is 220 g/mol. The van der Waals surface area contributed by atoms with Gasteiger partial charge >= 0.3 is 5.97 Å². The Morgan fingerprint density at radius 3 is 2.81 bits per heavy atom. The van der Waals surface area contributed by atoms with E-state index in [9.17, 15) is 9.59 Å². The normalized spacial score (nSPS) is 10.3. The van der Waals surface area contributed by atoms with E-state index in [1.165, 1.54) is 22.9 Å². The molecule has 0 saturated carbocycles. The van der Waals surface area contributed by atoms with Gasteiger partial charge < -0.3 is 14.1 Å². The smallest absolute Gasteiger partial charge is 0.357 e. The molecule has 0 bridgehead atoms. The van der Waals surface area contributed by atoms with Gasteiger partial charge in [-0.25, -0.2) is 9.78 Å². The molecule has 6 heteroatoms. The van der Waals surface area contributed by atoms with E-state index in [0.717, 1.165) is 6.26 Å². The second-order valence-corrected chi connectivity index (χ2v) is 3.21. The van der Waals surface area contributed by atoms with Crippen LogP contribution in [0.2, 0.25) is 0 Å². The topological polar surface area (TPSA) is 85.3 Å². The van der Waals surface area contributed by atoms with Crippen LogP contribution in [0.15, 0.2) is 33.8 Å². The van der Waals surface area contributed by atoms with Crippen molar-refractivity contribution in [3.05, 3.63) is 40.6 Å². The molecule has 0 aromatic carbocycles. The number of nitrogens with zero attached hydrogens (tertiary/aromatic N) is 2. The quantitative estimate of drug-likeness (QED) is 0.806. The number of carboxylic acid groups (broad SMARTS) is 1. The molecule has 1 N–H and O–H groups in total. The van der Waals surface area contributed by atoms with Crippen LogP contribution in [0.4, 0.5) is 0 Å². The van der Waals surface area contributed by atoms with E-state index in [4.69, 9.17) is 9.52 Å². The second-order valence-electron chi connectivity index (χ2n) is 3.21. The summed E-state index contributed by atoms with van der Waals surface area (Å²) in [4.78, 5) is 25.5. The van der Waals surface area contributed by atoms with Gasteiger partial charge in [0.1, 0.15) is 6.26 Å². The van der Waals surface area contributed by atoms with Gasteiger partial charge in [-0.15, -0.1) is 0 Å². The third-order valence-electron chi connectivity index (χ3n) is 2.06. The maximum atomic E-state index is 11.1. The highest BCUT2D eigenvalue weighted by atomic mass is 16.4. The summed E-state index contributed by atoms with van der Waals surface area (Å²) in [6, 6.07) is 2.89. The summed E-state index contributed by atoms with van der Waals surface area (Å²) in [7, 11) is 1.59. The fourth-order valence-electron chi connectivity index (χ4n) is 1.22. The molecule has 0 saturated heterocycles. The van der Waals surface area contributed by atoms with Crippen molar-refractivity contribution in [2.24, 2.45) is 7.05 Å². The van der Waals surface area contributed by atoms with Crippen molar-refractivity contribution in [2.75, 3.05) is 0 Å². The number of hydrogen-bond acceptors (Lipinski definition) is 4. The molecule has 2 aromatic heterocycles. The summed E-state index contributed by atoms with van der Waals surface area (Å²) >= 11 is 0. The van der Waals surface area contributed by atoms with Crippen LogP contribution in [-0.4, -0.2) is 20.6 Å². The molecule has 82 valence electrons. The summed E-state index contributed by atoms with van der Waals surface area (Å²) in [6.45, 7) is 0.